The van der Waals surface area contributed by atoms with Gasteiger partial charge in [-0.2, -0.15) is 0 Å². The summed E-state index contributed by atoms with van der Waals surface area (Å²) in [7, 11) is 0. The Kier molecular flexibility index (Phi) is 6.11. The minimum atomic E-state index is 0.239. The first kappa shape index (κ1) is 14.8. The van der Waals surface area contributed by atoms with Crippen LogP contribution in [0.25, 0.3) is 0 Å². The number of likely N-dealkylation sites (N-methyl/N-ethyl adjacent to an activating group) is 1. The van der Waals surface area contributed by atoms with Gasteiger partial charge in [-0.05, 0) is 37.1 Å². The standard InChI is InChI=1S/C15H22ClNO2/c1-2-17-9-14-6-7-15(19-14)11-18-10-12-4-3-5-13(16)8-12/h3-5,8,14-15,17H,2,6-7,9-11H2,1H3. The van der Waals surface area contributed by atoms with E-state index >= 15 is 0 Å². The topological polar surface area (TPSA) is 30.5 Å². The van der Waals surface area contributed by atoms with Crippen LogP contribution in [0.3, 0.4) is 0 Å². The number of nitrogens with one attached hydrogen (secondary N) is 1. The zero-order chi connectivity index (χ0) is 13.5. The van der Waals surface area contributed by atoms with Gasteiger partial charge in [0.2, 0.25) is 0 Å². The van der Waals surface area contributed by atoms with Gasteiger partial charge in [0.1, 0.15) is 0 Å². The Balaban J connectivity index is 1.64. The molecule has 1 saturated heterocycles. The molecule has 1 N–H and O–H groups in total. The SMILES string of the molecule is CCNCC1CCC(COCc2cccc(Cl)c2)O1. The van der Waals surface area contributed by atoms with Gasteiger partial charge < -0.3 is 14.8 Å². The lowest BCUT2D eigenvalue weighted by Gasteiger charge is -2.14. The van der Waals surface area contributed by atoms with Crippen molar-refractivity contribution in [3.05, 3.63) is 34.9 Å². The van der Waals surface area contributed by atoms with Crippen LogP contribution in [-0.4, -0.2) is 31.9 Å². The van der Waals surface area contributed by atoms with E-state index in [-0.39, 0.29) is 6.10 Å². The Morgan fingerprint density at radius 1 is 1.37 bits per heavy atom. The second-order valence-corrected chi connectivity index (χ2v) is 5.35. The maximum Gasteiger partial charge on any atom is 0.0814 e. The molecule has 1 heterocycles. The Hall–Kier alpha value is -0.610. The zero-order valence-electron chi connectivity index (χ0n) is 11.4. The van der Waals surface area contributed by atoms with Gasteiger partial charge in [0.05, 0.1) is 25.4 Å². The maximum atomic E-state index is 5.93. The van der Waals surface area contributed by atoms with Crippen LogP contribution in [0.1, 0.15) is 25.3 Å². The second-order valence-electron chi connectivity index (χ2n) is 4.91. The smallest absolute Gasteiger partial charge is 0.0814 e. The summed E-state index contributed by atoms with van der Waals surface area (Å²) in [4.78, 5) is 0. The van der Waals surface area contributed by atoms with Crippen LogP contribution in [0.15, 0.2) is 24.3 Å². The highest BCUT2D eigenvalue weighted by atomic mass is 35.5. The number of ether oxygens (including phenoxy) is 2. The van der Waals surface area contributed by atoms with Gasteiger partial charge in [0, 0.05) is 11.6 Å². The molecule has 1 aliphatic heterocycles. The molecule has 1 aromatic rings. The summed E-state index contributed by atoms with van der Waals surface area (Å²) in [5.41, 5.74) is 1.11. The molecule has 19 heavy (non-hydrogen) atoms. The zero-order valence-corrected chi connectivity index (χ0v) is 12.2. The summed E-state index contributed by atoms with van der Waals surface area (Å²) in [6, 6.07) is 7.77. The Morgan fingerprint density at radius 2 is 2.21 bits per heavy atom. The number of halogens is 1. The molecule has 2 rings (SSSR count). The third-order valence-electron chi connectivity index (χ3n) is 3.28. The first-order valence-electron chi connectivity index (χ1n) is 6.96. The Labute approximate surface area is 120 Å². The van der Waals surface area contributed by atoms with E-state index in [0.717, 1.165) is 36.5 Å². The fraction of sp³-hybridized carbons (Fsp3) is 0.600. The average molecular weight is 284 g/mol. The minimum Gasteiger partial charge on any atom is -0.374 e. The molecule has 1 aromatic carbocycles. The minimum absolute atomic E-state index is 0.239. The van der Waals surface area contributed by atoms with Gasteiger partial charge in [-0.15, -0.1) is 0 Å². The molecular weight excluding hydrogens is 262 g/mol. The number of rotatable bonds is 7. The fourth-order valence-electron chi connectivity index (χ4n) is 2.29. The molecule has 0 amide bonds. The van der Waals surface area contributed by atoms with Gasteiger partial charge in [0.15, 0.2) is 0 Å². The highest BCUT2D eigenvalue weighted by Crippen LogP contribution is 2.20. The quantitative estimate of drug-likeness (QED) is 0.834. The van der Waals surface area contributed by atoms with Crippen molar-refractivity contribution in [3.8, 4) is 0 Å². The van der Waals surface area contributed by atoms with Gasteiger partial charge in [-0.25, -0.2) is 0 Å². The summed E-state index contributed by atoms with van der Waals surface area (Å²) < 4.78 is 11.6. The van der Waals surface area contributed by atoms with Crippen LogP contribution in [0.2, 0.25) is 5.02 Å². The third-order valence-corrected chi connectivity index (χ3v) is 3.51. The number of benzene rings is 1. The van der Waals surface area contributed by atoms with Crippen LogP contribution in [0.4, 0.5) is 0 Å². The van der Waals surface area contributed by atoms with E-state index in [9.17, 15) is 0 Å². The fourth-order valence-corrected chi connectivity index (χ4v) is 2.51. The molecular formula is C15H22ClNO2. The van der Waals surface area contributed by atoms with Crippen molar-refractivity contribution in [1.29, 1.82) is 0 Å². The van der Waals surface area contributed by atoms with Crippen molar-refractivity contribution in [2.45, 2.75) is 38.6 Å². The number of hydrogen-bond acceptors (Lipinski definition) is 3. The molecule has 1 fully saturated rings. The predicted octanol–water partition coefficient (Wildman–Crippen LogP) is 3.01. The monoisotopic (exact) mass is 283 g/mol. The van der Waals surface area contributed by atoms with Crippen LogP contribution in [0.5, 0.6) is 0 Å². The van der Waals surface area contributed by atoms with Crippen molar-refractivity contribution in [2.75, 3.05) is 19.7 Å². The van der Waals surface area contributed by atoms with Gasteiger partial charge in [-0.3, -0.25) is 0 Å². The van der Waals surface area contributed by atoms with E-state index in [1.54, 1.807) is 0 Å². The molecule has 1 aliphatic rings. The van der Waals surface area contributed by atoms with Gasteiger partial charge in [-0.1, -0.05) is 30.7 Å². The molecule has 2 unspecified atom stereocenters. The molecule has 0 bridgehead atoms. The molecule has 3 nitrogen and oxygen atoms in total. The summed E-state index contributed by atoms with van der Waals surface area (Å²) >= 11 is 5.93. The Bertz CT molecular complexity index is 386. The van der Waals surface area contributed by atoms with Crippen molar-refractivity contribution in [3.63, 3.8) is 0 Å². The molecule has 0 radical (unpaired) electrons. The molecule has 0 spiro atoms. The number of hydrogen-bond donors (Lipinski definition) is 1. The summed E-state index contributed by atoms with van der Waals surface area (Å²) in [6.07, 6.45) is 2.80. The van der Waals surface area contributed by atoms with Crippen molar-refractivity contribution in [1.82, 2.24) is 5.32 Å². The van der Waals surface area contributed by atoms with Crippen LogP contribution >= 0.6 is 11.6 Å². The lowest BCUT2D eigenvalue weighted by Crippen LogP contribution is -2.27. The molecule has 106 valence electrons. The van der Waals surface area contributed by atoms with Crippen LogP contribution in [0, 0.1) is 0 Å². The molecule has 0 aromatic heterocycles. The van der Waals surface area contributed by atoms with Crippen molar-refractivity contribution >= 4 is 11.6 Å². The lowest BCUT2D eigenvalue weighted by atomic mass is 10.2. The van der Waals surface area contributed by atoms with E-state index in [1.807, 2.05) is 24.3 Å². The molecule has 0 aliphatic carbocycles. The first-order chi connectivity index (χ1) is 9.28. The maximum absolute atomic E-state index is 5.93. The van der Waals surface area contributed by atoms with E-state index < -0.39 is 0 Å². The van der Waals surface area contributed by atoms with E-state index in [1.165, 1.54) is 0 Å². The van der Waals surface area contributed by atoms with E-state index in [2.05, 4.69) is 12.2 Å². The van der Waals surface area contributed by atoms with Gasteiger partial charge >= 0.3 is 0 Å². The molecule has 0 saturated carbocycles. The molecule has 2 atom stereocenters. The largest absolute Gasteiger partial charge is 0.374 e. The summed E-state index contributed by atoms with van der Waals surface area (Å²) in [5, 5.41) is 4.07. The third kappa shape index (κ3) is 5.11. The predicted molar refractivity (Wildman–Crippen MR) is 77.5 cm³/mol. The second kappa shape index (κ2) is 7.85. The highest BCUT2D eigenvalue weighted by Gasteiger charge is 2.24. The average Bonchev–Trinajstić information content (AvgIpc) is 2.84. The van der Waals surface area contributed by atoms with E-state index in [0.29, 0.717) is 19.3 Å². The van der Waals surface area contributed by atoms with Crippen molar-refractivity contribution < 1.29 is 9.47 Å². The first-order valence-corrected chi connectivity index (χ1v) is 7.34. The van der Waals surface area contributed by atoms with Gasteiger partial charge in [0.25, 0.3) is 0 Å². The summed E-state index contributed by atoms with van der Waals surface area (Å²) in [5.74, 6) is 0. The molecule has 4 heteroatoms. The van der Waals surface area contributed by atoms with Crippen LogP contribution in [-0.2, 0) is 16.1 Å². The van der Waals surface area contributed by atoms with E-state index in [4.69, 9.17) is 21.1 Å². The van der Waals surface area contributed by atoms with Crippen LogP contribution < -0.4 is 5.32 Å². The highest BCUT2D eigenvalue weighted by molar-refractivity contribution is 6.30. The summed E-state index contributed by atoms with van der Waals surface area (Å²) in [6.45, 7) is 5.31. The van der Waals surface area contributed by atoms with Crippen molar-refractivity contribution in [2.24, 2.45) is 0 Å². The Morgan fingerprint density at radius 3 is 3.00 bits per heavy atom. The normalized spacial score (nSPS) is 22.8. The lowest BCUT2D eigenvalue weighted by molar-refractivity contribution is -0.0188.